The van der Waals surface area contributed by atoms with Gasteiger partial charge in [-0.2, -0.15) is 0 Å². The summed E-state index contributed by atoms with van der Waals surface area (Å²) >= 11 is 0. The summed E-state index contributed by atoms with van der Waals surface area (Å²) in [6, 6.07) is 18.4. The quantitative estimate of drug-likeness (QED) is 0.372. The molecule has 1 aliphatic heterocycles. The van der Waals surface area contributed by atoms with Crippen molar-refractivity contribution in [2.24, 2.45) is 11.8 Å². The van der Waals surface area contributed by atoms with Crippen molar-refractivity contribution in [3.8, 4) is 5.69 Å². The fraction of sp³-hybridized carbons (Fsp3) is 0.455. The predicted molar refractivity (Wildman–Crippen MR) is 153 cm³/mol. The highest BCUT2D eigenvalue weighted by molar-refractivity contribution is 5.98. The number of ketones is 1. The number of hydrogen-bond donors (Lipinski definition) is 1. The summed E-state index contributed by atoms with van der Waals surface area (Å²) in [5.74, 6) is 1.04. The molecular formula is C33H41N3O2. The van der Waals surface area contributed by atoms with Crippen LogP contribution in [0.1, 0.15) is 77.8 Å². The molecule has 1 aromatic heterocycles. The Morgan fingerprint density at radius 1 is 0.895 bits per heavy atom. The van der Waals surface area contributed by atoms with Crippen LogP contribution in [0.15, 0.2) is 67.0 Å². The van der Waals surface area contributed by atoms with Crippen LogP contribution in [-0.4, -0.2) is 46.8 Å². The zero-order valence-corrected chi connectivity index (χ0v) is 22.9. The summed E-state index contributed by atoms with van der Waals surface area (Å²) in [5, 5.41) is 3.31. The second-order valence-corrected chi connectivity index (χ2v) is 11.4. The standard InChI is InChI=1S/C33H41N3O2/c1-24(2)32(37)28-12-11-26-16-21-35(22-17-27(26)23-28)20-15-25-9-13-29(14-10-25)34-33(38)30-7-3-4-8-31(30)36-18-5-6-19-36/h3-8,11-12,18-19,23-25,29H,9-10,13-17,20-22H2,1-2H3,(H,34,38)/t25-,29-. The molecule has 0 bridgehead atoms. The molecule has 1 amide bonds. The van der Waals surface area contributed by atoms with Crippen LogP contribution in [0.5, 0.6) is 0 Å². The number of amides is 1. The molecule has 0 spiro atoms. The van der Waals surface area contributed by atoms with E-state index in [1.807, 2.05) is 73.3 Å². The van der Waals surface area contributed by atoms with Gasteiger partial charge in [0.15, 0.2) is 5.78 Å². The van der Waals surface area contributed by atoms with Crippen molar-refractivity contribution in [2.75, 3.05) is 19.6 Å². The first kappa shape index (κ1) is 26.4. The van der Waals surface area contributed by atoms with Crippen molar-refractivity contribution in [3.05, 3.63) is 89.2 Å². The van der Waals surface area contributed by atoms with Crippen molar-refractivity contribution in [2.45, 2.75) is 64.8 Å². The van der Waals surface area contributed by atoms with Gasteiger partial charge in [0.05, 0.1) is 11.3 Å². The van der Waals surface area contributed by atoms with E-state index in [4.69, 9.17) is 0 Å². The molecule has 3 aromatic rings. The lowest BCUT2D eigenvalue weighted by Gasteiger charge is -2.31. The molecule has 2 heterocycles. The number of rotatable bonds is 8. The normalized spacial score (nSPS) is 20.1. The van der Waals surface area contributed by atoms with E-state index in [1.54, 1.807) is 0 Å². The van der Waals surface area contributed by atoms with E-state index in [0.29, 0.717) is 0 Å². The number of nitrogens with zero attached hydrogens (tertiary/aromatic N) is 2. The van der Waals surface area contributed by atoms with E-state index in [1.165, 1.54) is 30.4 Å². The molecule has 1 N–H and O–H groups in total. The lowest BCUT2D eigenvalue weighted by Crippen LogP contribution is -2.38. The van der Waals surface area contributed by atoms with E-state index < -0.39 is 0 Å². The van der Waals surface area contributed by atoms with Gasteiger partial charge >= 0.3 is 0 Å². The second-order valence-electron chi connectivity index (χ2n) is 11.4. The Hall–Kier alpha value is -3.18. The Labute approximate surface area is 227 Å². The lowest BCUT2D eigenvalue weighted by molar-refractivity contribution is 0.0917. The van der Waals surface area contributed by atoms with Gasteiger partial charge in [0.1, 0.15) is 0 Å². The van der Waals surface area contributed by atoms with Gasteiger partial charge in [0.25, 0.3) is 5.91 Å². The molecule has 2 aromatic carbocycles. The van der Waals surface area contributed by atoms with Gasteiger partial charge in [-0.3, -0.25) is 9.59 Å². The maximum absolute atomic E-state index is 13.1. The molecule has 0 saturated heterocycles. The zero-order valence-electron chi connectivity index (χ0n) is 22.9. The summed E-state index contributed by atoms with van der Waals surface area (Å²) in [6.07, 6.45) is 11.7. The van der Waals surface area contributed by atoms with Gasteiger partial charge in [-0.1, -0.05) is 38.1 Å². The average Bonchev–Trinajstić information content (AvgIpc) is 3.40. The molecule has 1 saturated carbocycles. The fourth-order valence-electron chi connectivity index (χ4n) is 6.09. The van der Waals surface area contributed by atoms with E-state index >= 15 is 0 Å². The Morgan fingerprint density at radius 3 is 2.34 bits per heavy atom. The van der Waals surface area contributed by atoms with E-state index in [9.17, 15) is 9.59 Å². The summed E-state index contributed by atoms with van der Waals surface area (Å²) in [7, 11) is 0. The number of Topliss-reactive ketones (excluding diaryl/α,β-unsaturated/α-hetero) is 1. The maximum Gasteiger partial charge on any atom is 0.253 e. The topological polar surface area (TPSA) is 54.3 Å². The van der Waals surface area contributed by atoms with Gasteiger partial charge < -0.3 is 14.8 Å². The molecule has 200 valence electrons. The van der Waals surface area contributed by atoms with Crippen LogP contribution < -0.4 is 5.32 Å². The Morgan fingerprint density at radius 2 is 1.61 bits per heavy atom. The summed E-state index contributed by atoms with van der Waals surface area (Å²) < 4.78 is 2.00. The molecule has 1 fully saturated rings. The number of hydrogen-bond acceptors (Lipinski definition) is 3. The monoisotopic (exact) mass is 511 g/mol. The number of carbonyl (C=O) groups is 2. The fourth-order valence-corrected chi connectivity index (χ4v) is 6.09. The maximum atomic E-state index is 13.1. The van der Waals surface area contributed by atoms with Gasteiger partial charge in [-0.25, -0.2) is 0 Å². The highest BCUT2D eigenvalue weighted by atomic mass is 16.1. The van der Waals surface area contributed by atoms with Gasteiger partial charge in [0.2, 0.25) is 0 Å². The summed E-state index contributed by atoms with van der Waals surface area (Å²) in [6.45, 7) is 7.25. The predicted octanol–water partition coefficient (Wildman–Crippen LogP) is 6.10. The number of carbonyl (C=O) groups excluding carboxylic acids is 2. The lowest BCUT2D eigenvalue weighted by atomic mass is 9.84. The minimum atomic E-state index is 0.0279. The Balaban J connectivity index is 1.08. The first-order valence-corrected chi connectivity index (χ1v) is 14.4. The van der Waals surface area contributed by atoms with Crippen LogP contribution in [-0.2, 0) is 12.8 Å². The second kappa shape index (κ2) is 12.1. The van der Waals surface area contributed by atoms with Crippen LogP contribution in [0.4, 0.5) is 0 Å². The highest BCUT2D eigenvalue weighted by Crippen LogP contribution is 2.28. The van der Waals surface area contributed by atoms with Crippen molar-refractivity contribution >= 4 is 11.7 Å². The van der Waals surface area contributed by atoms with Crippen molar-refractivity contribution in [3.63, 3.8) is 0 Å². The Bertz CT molecular complexity index is 1240. The van der Waals surface area contributed by atoms with Gasteiger partial charge in [-0.15, -0.1) is 0 Å². The number of para-hydroxylation sites is 1. The number of fused-ring (bicyclic) bond motifs is 1. The molecule has 0 atom stereocenters. The van der Waals surface area contributed by atoms with Crippen molar-refractivity contribution in [1.82, 2.24) is 14.8 Å². The summed E-state index contributed by atoms with van der Waals surface area (Å²) in [4.78, 5) is 28.2. The highest BCUT2D eigenvalue weighted by Gasteiger charge is 2.25. The average molecular weight is 512 g/mol. The molecule has 0 radical (unpaired) electrons. The minimum Gasteiger partial charge on any atom is -0.349 e. The molecule has 2 aliphatic rings. The molecular weight excluding hydrogens is 470 g/mol. The number of aromatic nitrogens is 1. The largest absolute Gasteiger partial charge is 0.349 e. The first-order chi connectivity index (χ1) is 18.5. The third kappa shape index (κ3) is 6.27. The molecule has 5 heteroatoms. The van der Waals surface area contributed by atoms with Crippen molar-refractivity contribution in [1.29, 1.82) is 0 Å². The number of benzene rings is 2. The van der Waals surface area contributed by atoms with Crippen LogP contribution in [0.2, 0.25) is 0 Å². The summed E-state index contributed by atoms with van der Waals surface area (Å²) in [5.41, 5.74) is 5.28. The third-order valence-corrected chi connectivity index (χ3v) is 8.48. The van der Waals surface area contributed by atoms with Gasteiger partial charge in [0, 0.05) is 43.0 Å². The van der Waals surface area contributed by atoms with Crippen LogP contribution in [0, 0.1) is 11.8 Å². The van der Waals surface area contributed by atoms with Crippen LogP contribution in [0.3, 0.4) is 0 Å². The van der Waals surface area contributed by atoms with E-state index in [-0.39, 0.29) is 23.7 Å². The minimum absolute atomic E-state index is 0.0279. The van der Waals surface area contributed by atoms with Crippen molar-refractivity contribution < 1.29 is 9.59 Å². The molecule has 0 unspecified atom stereocenters. The van der Waals surface area contributed by atoms with E-state index in [0.717, 1.165) is 68.0 Å². The first-order valence-electron chi connectivity index (χ1n) is 14.4. The smallest absolute Gasteiger partial charge is 0.253 e. The molecule has 5 rings (SSSR count). The number of nitrogens with one attached hydrogen (secondary N) is 1. The van der Waals surface area contributed by atoms with Gasteiger partial charge in [-0.05, 0) is 98.9 Å². The molecule has 38 heavy (non-hydrogen) atoms. The molecule has 1 aliphatic carbocycles. The van der Waals surface area contributed by atoms with Crippen LogP contribution in [0.25, 0.3) is 5.69 Å². The Kier molecular flexibility index (Phi) is 8.43. The SMILES string of the molecule is CC(C)C(=O)c1ccc2c(c1)CCN(CC[C@H]1CC[C@H](NC(=O)c3ccccc3-n3cccc3)CC1)CC2. The van der Waals surface area contributed by atoms with E-state index in [2.05, 4.69) is 22.3 Å². The zero-order chi connectivity index (χ0) is 26.5. The molecule has 5 nitrogen and oxygen atoms in total. The van der Waals surface area contributed by atoms with Crippen LogP contribution >= 0.6 is 0 Å². The third-order valence-electron chi connectivity index (χ3n) is 8.48.